The molecule has 7 nitrogen and oxygen atoms in total. The average molecular weight is 290 g/mol. The lowest BCUT2D eigenvalue weighted by molar-refractivity contribution is -0.147. The number of amides is 1. The Hall–Kier alpha value is -2.18. The third-order valence-corrected chi connectivity index (χ3v) is 4.50. The van der Waals surface area contributed by atoms with Crippen LogP contribution in [0, 0.1) is 23.7 Å². The van der Waals surface area contributed by atoms with Gasteiger partial charge in [-0.25, -0.2) is 0 Å². The number of aromatic nitrogens is 3. The summed E-state index contributed by atoms with van der Waals surface area (Å²) in [5, 5.41) is 19.9. The number of carbonyl (C=O) groups is 2. The fourth-order valence-electron chi connectivity index (χ4n) is 3.48. The van der Waals surface area contributed by atoms with Gasteiger partial charge in [0.05, 0.1) is 18.4 Å². The van der Waals surface area contributed by atoms with E-state index in [1.54, 1.807) is 6.33 Å². The highest BCUT2D eigenvalue weighted by atomic mass is 16.4. The summed E-state index contributed by atoms with van der Waals surface area (Å²) >= 11 is 0. The van der Waals surface area contributed by atoms with E-state index >= 15 is 0 Å². The maximum atomic E-state index is 12.4. The normalized spacial score (nSPS) is 29.8. The standard InChI is InChI=1S/C14H18N4O3/c1-2-18-7-16-17-10(18)6-15-13(19)11-8-3-4-9(5-8)12(11)14(20)21/h3-4,7-9,11-12H,2,5-6H2,1H3,(H,15,19)(H,20,21)/t8?,9?,11-,12+/m0/s1. The number of aryl methyl sites for hydroxylation is 1. The topological polar surface area (TPSA) is 97.1 Å². The summed E-state index contributed by atoms with van der Waals surface area (Å²) in [6, 6.07) is 0. The minimum Gasteiger partial charge on any atom is -0.481 e. The van der Waals surface area contributed by atoms with Gasteiger partial charge in [0.1, 0.15) is 6.33 Å². The highest BCUT2D eigenvalue weighted by Gasteiger charge is 2.51. The Kier molecular flexibility index (Phi) is 3.48. The molecule has 1 amide bonds. The summed E-state index contributed by atoms with van der Waals surface area (Å²) in [4.78, 5) is 23.8. The summed E-state index contributed by atoms with van der Waals surface area (Å²) in [6.45, 7) is 2.97. The van der Waals surface area contributed by atoms with Gasteiger partial charge in [0.15, 0.2) is 5.82 Å². The van der Waals surface area contributed by atoms with E-state index in [4.69, 9.17) is 0 Å². The van der Waals surface area contributed by atoms with Gasteiger partial charge >= 0.3 is 5.97 Å². The number of nitrogens with one attached hydrogen (secondary N) is 1. The highest BCUT2D eigenvalue weighted by molar-refractivity contribution is 5.86. The van der Waals surface area contributed by atoms with E-state index in [9.17, 15) is 14.7 Å². The van der Waals surface area contributed by atoms with Crippen molar-refractivity contribution in [3.05, 3.63) is 24.3 Å². The molecule has 112 valence electrons. The molecule has 2 aliphatic carbocycles. The van der Waals surface area contributed by atoms with Crippen LogP contribution in [-0.2, 0) is 22.7 Å². The Morgan fingerprint density at radius 2 is 2.10 bits per heavy atom. The predicted molar refractivity (Wildman–Crippen MR) is 72.9 cm³/mol. The highest BCUT2D eigenvalue weighted by Crippen LogP contribution is 2.48. The first kappa shape index (κ1) is 13.8. The third-order valence-electron chi connectivity index (χ3n) is 4.50. The third kappa shape index (κ3) is 2.32. The molecule has 2 aliphatic rings. The molecule has 1 aromatic heterocycles. The SMILES string of the molecule is CCn1cnnc1CNC(=O)[C@H]1C2C=CC(C2)[C@H]1C(=O)O. The minimum absolute atomic E-state index is 0.0115. The van der Waals surface area contributed by atoms with Gasteiger partial charge in [0, 0.05) is 6.54 Å². The zero-order valence-electron chi connectivity index (χ0n) is 11.8. The van der Waals surface area contributed by atoms with Crippen molar-refractivity contribution in [3.8, 4) is 0 Å². The van der Waals surface area contributed by atoms with Crippen LogP contribution in [0.2, 0.25) is 0 Å². The van der Waals surface area contributed by atoms with E-state index in [2.05, 4.69) is 15.5 Å². The molecule has 1 fully saturated rings. The quantitative estimate of drug-likeness (QED) is 0.767. The van der Waals surface area contributed by atoms with Crippen LogP contribution in [0.4, 0.5) is 0 Å². The van der Waals surface area contributed by atoms with Crippen molar-refractivity contribution in [2.45, 2.75) is 26.4 Å². The zero-order chi connectivity index (χ0) is 15.0. The van der Waals surface area contributed by atoms with E-state index < -0.39 is 17.8 Å². The minimum atomic E-state index is -0.885. The van der Waals surface area contributed by atoms with E-state index in [1.807, 2.05) is 23.6 Å². The molecule has 2 N–H and O–H groups in total. The molecule has 4 atom stereocenters. The Balaban J connectivity index is 1.68. The number of hydrogen-bond acceptors (Lipinski definition) is 4. The Morgan fingerprint density at radius 3 is 2.76 bits per heavy atom. The summed E-state index contributed by atoms with van der Waals surface area (Å²) in [7, 11) is 0. The molecular weight excluding hydrogens is 272 g/mol. The molecule has 0 aromatic carbocycles. The van der Waals surface area contributed by atoms with Gasteiger partial charge < -0.3 is 15.0 Å². The molecule has 0 spiro atoms. The second-order valence-electron chi connectivity index (χ2n) is 5.59. The van der Waals surface area contributed by atoms with Crippen LogP contribution in [0.3, 0.4) is 0 Å². The van der Waals surface area contributed by atoms with Gasteiger partial charge in [-0.15, -0.1) is 10.2 Å². The van der Waals surface area contributed by atoms with E-state index in [0.29, 0.717) is 5.82 Å². The number of fused-ring (bicyclic) bond motifs is 2. The van der Waals surface area contributed by atoms with E-state index in [1.165, 1.54) is 0 Å². The maximum absolute atomic E-state index is 12.4. The van der Waals surface area contributed by atoms with Crippen molar-refractivity contribution in [1.82, 2.24) is 20.1 Å². The number of carboxylic acids is 1. The molecule has 0 aliphatic heterocycles. The Bertz CT molecular complexity index is 595. The second kappa shape index (κ2) is 5.31. The number of aliphatic carboxylic acids is 1. The number of carbonyl (C=O) groups excluding carboxylic acids is 1. The summed E-state index contributed by atoms with van der Waals surface area (Å²) in [5.74, 6) is -1.47. The average Bonchev–Trinajstić information content (AvgIpc) is 3.18. The molecule has 1 heterocycles. The maximum Gasteiger partial charge on any atom is 0.307 e. The summed E-state index contributed by atoms with van der Waals surface area (Å²) in [5.41, 5.74) is 0. The van der Waals surface area contributed by atoms with Crippen LogP contribution in [0.5, 0.6) is 0 Å². The number of hydrogen-bond donors (Lipinski definition) is 2. The monoisotopic (exact) mass is 290 g/mol. The van der Waals surface area contributed by atoms with E-state index in [0.717, 1.165) is 13.0 Å². The van der Waals surface area contributed by atoms with Gasteiger partial charge in [0.25, 0.3) is 0 Å². The smallest absolute Gasteiger partial charge is 0.307 e. The van der Waals surface area contributed by atoms with Gasteiger partial charge in [-0.2, -0.15) is 0 Å². The van der Waals surface area contributed by atoms with Gasteiger partial charge in [-0.05, 0) is 25.2 Å². The van der Waals surface area contributed by atoms with Crippen molar-refractivity contribution in [2.75, 3.05) is 0 Å². The lowest BCUT2D eigenvalue weighted by Crippen LogP contribution is -2.40. The van der Waals surface area contributed by atoms with Crippen LogP contribution in [0.1, 0.15) is 19.2 Å². The van der Waals surface area contributed by atoms with Gasteiger partial charge in [-0.1, -0.05) is 12.2 Å². The first-order valence-corrected chi connectivity index (χ1v) is 7.17. The van der Waals surface area contributed by atoms with Crippen molar-refractivity contribution in [2.24, 2.45) is 23.7 Å². The first-order chi connectivity index (χ1) is 10.1. The van der Waals surface area contributed by atoms with Crippen LogP contribution >= 0.6 is 0 Å². The fraction of sp³-hybridized carbons (Fsp3) is 0.571. The van der Waals surface area contributed by atoms with Crippen LogP contribution in [0.25, 0.3) is 0 Å². The predicted octanol–water partition coefficient (Wildman–Crippen LogP) is 0.437. The Labute approximate surface area is 122 Å². The van der Waals surface area contributed by atoms with Crippen LogP contribution < -0.4 is 5.32 Å². The van der Waals surface area contributed by atoms with Crippen LogP contribution in [-0.4, -0.2) is 31.7 Å². The van der Waals surface area contributed by atoms with Gasteiger partial charge in [0.2, 0.25) is 5.91 Å². The number of rotatable bonds is 5. The second-order valence-corrected chi connectivity index (χ2v) is 5.59. The molecule has 7 heteroatoms. The van der Waals surface area contributed by atoms with Crippen molar-refractivity contribution < 1.29 is 14.7 Å². The lowest BCUT2D eigenvalue weighted by atomic mass is 9.82. The van der Waals surface area contributed by atoms with Crippen molar-refractivity contribution in [3.63, 3.8) is 0 Å². The molecule has 3 rings (SSSR count). The largest absolute Gasteiger partial charge is 0.481 e. The summed E-state index contributed by atoms with van der Waals surface area (Å²) in [6.07, 6.45) is 6.28. The molecule has 0 radical (unpaired) electrons. The lowest BCUT2D eigenvalue weighted by Gasteiger charge is -2.23. The number of carboxylic acid groups (broad SMARTS) is 1. The first-order valence-electron chi connectivity index (χ1n) is 7.17. The fourth-order valence-corrected chi connectivity index (χ4v) is 3.48. The van der Waals surface area contributed by atoms with Gasteiger partial charge in [-0.3, -0.25) is 9.59 Å². The molecule has 2 unspecified atom stereocenters. The zero-order valence-corrected chi connectivity index (χ0v) is 11.8. The molecule has 1 aromatic rings. The van der Waals surface area contributed by atoms with Crippen molar-refractivity contribution in [1.29, 1.82) is 0 Å². The van der Waals surface area contributed by atoms with Crippen LogP contribution in [0.15, 0.2) is 18.5 Å². The van der Waals surface area contributed by atoms with Crippen molar-refractivity contribution >= 4 is 11.9 Å². The number of allylic oxidation sites excluding steroid dienone is 2. The number of nitrogens with zero attached hydrogens (tertiary/aromatic N) is 3. The summed E-state index contributed by atoms with van der Waals surface area (Å²) < 4.78 is 1.84. The van der Waals surface area contributed by atoms with E-state index in [-0.39, 0.29) is 24.3 Å². The molecule has 2 bridgehead atoms. The molecule has 1 saturated carbocycles. The Morgan fingerprint density at radius 1 is 1.38 bits per heavy atom. The molecule has 0 saturated heterocycles. The molecule has 21 heavy (non-hydrogen) atoms. The molecular formula is C14H18N4O3.